The van der Waals surface area contributed by atoms with Gasteiger partial charge in [-0.05, 0) is 34.2 Å². The van der Waals surface area contributed by atoms with Gasteiger partial charge in [0.25, 0.3) is 0 Å². The van der Waals surface area contributed by atoms with E-state index in [4.69, 9.17) is 11.6 Å². The van der Waals surface area contributed by atoms with E-state index < -0.39 is 0 Å². The Kier molecular flexibility index (Phi) is 2.23. The van der Waals surface area contributed by atoms with Crippen LogP contribution in [0.15, 0.2) is 18.5 Å². The van der Waals surface area contributed by atoms with Crippen LogP contribution in [0.3, 0.4) is 0 Å². The van der Waals surface area contributed by atoms with E-state index in [0.717, 1.165) is 20.2 Å². The van der Waals surface area contributed by atoms with E-state index in [1.807, 2.05) is 12.1 Å². The number of aromatic nitrogens is 2. The molecule has 2 rings (SSSR count). The third kappa shape index (κ3) is 1.21. The average Bonchev–Trinajstić information content (AvgIpc) is 2.53. The summed E-state index contributed by atoms with van der Waals surface area (Å²) in [4.78, 5) is 7.26. The molecule has 0 atom stereocenters. The van der Waals surface area contributed by atoms with Crippen molar-refractivity contribution in [3.63, 3.8) is 0 Å². The fraction of sp³-hybridized carbons (Fsp3) is 0.125. The van der Waals surface area contributed by atoms with Crippen molar-refractivity contribution in [2.75, 3.05) is 0 Å². The number of alkyl halides is 1. The molecule has 0 spiro atoms. The number of nitrogens with one attached hydrogen (secondary N) is 1. The molecule has 0 bridgehead atoms. The molecule has 1 aromatic heterocycles. The van der Waals surface area contributed by atoms with Gasteiger partial charge in [-0.1, -0.05) is 6.07 Å². The van der Waals surface area contributed by atoms with Crippen molar-refractivity contribution >= 4 is 45.2 Å². The summed E-state index contributed by atoms with van der Waals surface area (Å²) in [6, 6.07) is 4.03. The molecular weight excluding hydrogens is 286 g/mol. The van der Waals surface area contributed by atoms with Crippen LogP contribution in [0.25, 0.3) is 11.0 Å². The standard InChI is InChI=1S/C8H6ClIN2/c9-3-5-1-2-6-8(7(5)10)12-4-11-6/h1-2,4H,3H2,(H,11,12). The molecule has 4 heteroatoms. The van der Waals surface area contributed by atoms with Gasteiger partial charge in [-0.15, -0.1) is 11.6 Å². The largest absolute Gasteiger partial charge is 0.345 e. The van der Waals surface area contributed by atoms with E-state index in [1.165, 1.54) is 0 Å². The third-order valence-corrected chi connectivity index (χ3v) is 3.25. The molecule has 2 aromatic rings. The van der Waals surface area contributed by atoms with Crippen molar-refractivity contribution < 1.29 is 0 Å². The number of fused-ring (bicyclic) bond motifs is 1. The summed E-state index contributed by atoms with van der Waals surface area (Å²) in [5.74, 6) is 0.543. The van der Waals surface area contributed by atoms with Crippen LogP contribution in [0.2, 0.25) is 0 Å². The first-order valence-corrected chi connectivity index (χ1v) is 5.10. The molecule has 1 aromatic carbocycles. The molecule has 0 fully saturated rings. The van der Waals surface area contributed by atoms with Crippen LogP contribution in [0, 0.1) is 3.57 Å². The molecule has 0 amide bonds. The number of nitrogens with zero attached hydrogens (tertiary/aromatic N) is 1. The van der Waals surface area contributed by atoms with Gasteiger partial charge in [0.05, 0.1) is 11.8 Å². The lowest BCUT2D eigenvalue weighted by Gasteiger charge is -1.99. The normalized spacial score (nSPS) is 10.8. The first kappa shape index (κ1) is 8.31. The quantitative estimate of drug-likeness (QED) is 0.635. The maximum Gasteiger partial charge on any atom is 0.102 e. The molecule has 0 aliphatic rings. The highest BCUT2D eigenvalue weighted by Crippen LogP contribution is 2.22. The summed E-state index contributed by atoms with van der Waals surface area (Å²) in [6.45, 7) is 0. The van der Waals surface area contributed by atoms with E-state index in [0.29, 0.717) is 5.88 Å². The van der Waals surface area contributed by atoms with Crippen molar-refractivity contribution in [1.29, 1.82) is 0 Å². The van der Waals surface area contributed by atoms with Gasteiger partial charge in [0.15, 0.2) is 0 Å². The summed E-state index contributed by atoms with van der Waals surface area (Å²) in [5.41, 5.74) is 3.21. The second-order valence-electron chi connectivity index (χ2n) is 2.47. The molecule has 0 unspecified atom stereocenters. The summed E-state index contributed by atoms with van der Waals surface area (Å²) in [5, 5.41) is 0. The predicted molar refractivity (Wildman–Crippen MR) is 58.4 cm³/mol. The minimum atomic E-state index is 0.543. The van der Waals surface area contributed by atoms with Gasteiger partial charge in [0.1, 0.15) is 5.52 Å². The van der Waals surface area contributed by atoms with Gasteiger partial charge in [0.2, 0.25) is 0 Å². The van der Waals surface area contributed by atoms with Crippen LogP contribution in [-0.4, -0.2) is 9.97 Å². The Bertz CT molecular complexity index is 410. The fourth-order valence-corrected chi connectivity index (χ4v) is 2.37. The van der Waals surface area contributed by atoms with E-state index in [2.05, 4.69) is 32.6 Å². The lowest BCUT2D eigenvalue weighted by molar-refractivity contribution is 1.34. The highest BCUT2D eigenvalue weighted by atomic mass is 127. The van der Waals surface area contributed by atoms with E-state index >= 15 is 0 Å². The number of rotatable bonds is 1. The molecular formula is C8H6ClIN2. The zero-order chi connectivity index (χ0) is 8.55. The number of aromatic amines is 1. The Labute approximate surface area is 88.5 Å². The minimum Gasteiger partial charge on any atom is -0.345 e. The van der Waals surface area contributed by atoms with Crippen molar-refractivity contribution in [3.8, 4) is 0 Å². The first-order valence-electron chi connectivity index (χ1n) is 3.49. The molecule has 0 radical (unpaired) electrons. The van der Waals surface area contributed by atoms with Crippen molar-refractivity contribution in [1.82, 2.24) is 9.97 Å². The van der Waals surface area contributed by atoms with E-state index in [-0.39, 0.29) is 0 Å². The predicted octanol–water partition coefficient (Wildman–Crippen LogP) is 2.91. The Morgan fingerprint density at radius 1 is 1.50 bits per heavy atom. The van der Waals surface area contributed by atoms with Gasteiger partial charge in [-0.25, -0.2) is 4.98 Å². The van der Waals surface area contributed by atoms with Crippen molar-refractivity contribution in [3.05, 3.63) is 27.6 Å². The number of halogens is 2. The fourth-order valence-electron chi connectivity index (χ4n) is 1.12. The van der Waals surface area contributed by atoms with Gasteiger partial charge in [-0.2, -0.15) is 0 Å². The zero-order valence-electron chi connectivity index (χ0n) is 6.14. The lowest BCUT2D eigenvalue weighted by atomic mass is 10.2. The SMILES string of the molecule is ClCc1ccc2[nH]cnc2c1I. The van der Waals surface area contributed by atoms with Crippen molar-refractivity contribution in [2.24, 2.45) is 0 Å². The third-order valence-electron chi connectivity index (χ3n) is 1.75. The molecule has 2 nitrogen and oxygen atoms in total. The van der Waals surface area contributed by atoms with Crippen LogP contribution in [0.1, 0.15) is 5.56 Å². The molecule has 0 saturated heterocycles. The van der Waals surface area contributed by atoms with Crippen molar-refractivity contribution in [2.45, 2.75) is 5.88 Å². The molecule has 62 valence electrons. The van der Waals surface area contributed by atoms with Crippen LogP contribution in [0.4, 0.5) is 0 Å². The van der Waals surface area contributed by atoms with Gasteiger partial charge < -0.3 is 4.98 Å². The number of H-pyrrole nitrogens is 1. The van der Waals surface area contributed by atoms with Crippen LogP contribution >= 0.6 is 34.2 Å². The van der Waals surface area contributed by atoms with Gasteiger partial charge in [0, 0.05) is 9.45 Å². The van der Waals surface area contributed by atoms with Gasteiger partial charge in [-0.3, -0.25) is 0 Å². The number of hydrogen-bond acceptors (Lipinski definition) is 1. The number of hydrogen-bond donors (Lipinski definition) is 1. The molecule has 12 heavy (non-hydrogen) atoms. The second-order valence-corrected chi connectivity index (χ2v) is 3.82. The number of imidazole rings is 1. The van der Waals surface area contributed by atoms with Crippen LogP contribution < -0.4 is 0 Å². The Balaban J connectivity index is 2.78. The maximum atomic E-state index is 5.76. The molecule has 1 N–H and O–H groups in total. The summed E-state index contributed by atoms with van der Waals surface area (Å²) < 4.78 is 1.14. The summed E-state index contributed by atoms with van der Waals surface area (Å²) in [6.07, 6.45) is 1.70. The smallest absolute Gasteiger partial charge is 0.102 e. The summed E-state index contributed by atoms with van der Waals surface area (Å²) in [7, 11) is 0. The topological polar surface area (TPSA) is 28.7 Å². The first-order chi connectivity index (χ1) is 5.83. The zero-order valence-corrected chi connectivity index (χ0v) is 9.06. The molecule has 0 aliphatic carbocycles. The van der Waals surface area contributed by atoms with Crippen LogP contribution in [-0.2, 0) is 5.88 Å². The average molecular weight is 293 g/mol. The minimum absolute atomic E-state index is 0.543. The summed E-state index contributed by atoms with van der Waals surface area (Å²) >= 11 is 8.03. The molecule has 0 saturated carbocycles. The highest BCUT2D eigenvalue weighted by molar-refractivity contribution is 14.1. The molecule has 1 heterocycles. The van der Waals surface area contributed by atoms with E-state index in [9.17, 15) is 0 Å². The number of benzene rings is 1. The highest BCUT2D eigenvalue weighted by Gasteiger charge is 2.04. The lowest BCUT2D eigenvalue weighted by Crippen LogP contribution is -1.85. The molecule has 0 aliphatic heterocycles. The van der Waals surface area contributed by atoms with E-state index in [1.54, 1.807) is 6.33 Å². The maximum absolute atomic E-state index is 5.76. The Morgan fingerprint density at radius 3 is 3.08 bits per heavy atom. The monoisotopic (exact) mass is 292 g/mol. The van der Waals surface area contributed by atoms with Gasteiger partial charge >= 0.3 is 0 Å². The second kappa shape index (κ2) is 3.22. The Morgan fingerprint density at radius 2 is 2.33 bits per heavy atom. The Hall–Kier alpha value is -0.290. The van der Waals surface area contributed by atoms with Crippen LogP contribution in [0.5, 0.6) is 0 Å².